The Morgan fingerprint density at radius 2 is 0.753 bits per heavy atom. The molecular weight excluding hydrogens is 1160 g/mol. The Labute approximate surface area is 465 Å². The molecule has 7 rings (SSSR count). The van der Waals surface area contributed by atoms with Gasteiger partial charge in [0.1, 0.15) is 54.1 Å². The summed E-state index contributed by atoms with van der Waals surface area (Å²) in [5.74, 6) is 7.76. The van der Waals surface area contributed by atoms with Gasteiger partial charge < -0.3 is 69.9 Å². The van der Waals surface area contributed by atoms with Crippen molar-refractivity contribution in [3.63, 3.8) is 0 Å². The van der Waals surface area contributed by atoms with Crippen LogP contribution in [0.3, 0.4) is 0 Å². The number of ether oxygens (including phenoxy) is 10. The number of amides is 1. The number of methoxy groups -OCH3 is 10. The van der Waals surface area contributed by atoms with E-state index in [1.165, 1.54) is 79.2 Å². The summed E-state index contributed by atoms with van der Waals surface area (Å²) in [6.45, 7) is 10.3. The fourth-order valence-corrected chi connectivity index (χ4v) is 7.95. The number of aromatic nitrogens is 14. The van der Waals surface area contributed by atoms with Crippen LogP contribution in [0.25, 0.3) is 0 Å². The minimum atomic E-state index is -0.201. The molecule has 0 saturated carbocycles. The Hall–Kier alpha value is -8.14. The minimum absolute atomic E-state index is 0.140. The Kier molecular flexibility index (Phi) is 26.0. The second-order valence-electron chi connectivity index (χ2n) is 14.2. The molecule has 0 bridgehead atoms. The molecule has 0 aliphatic rings. The Morgan fingerprint density at radius 1 is 0.429 bits per heavy atom. The molecule has 1 amide bonds. The van der Waals surface area contributed by atoms with E-state index in [9.17, 15) is 4.79 Å². The SMILES string of the molecule is COc1cc(OC)nc(C)n1.COc1cc(OC)nc(N)n1.COc1nc(C)nc(OC)c1I.COc1nc(C)nc(OC)c1Sc1nc(C)cc(NC(C)=O)n1.COc1nc(C)nc(OC)c1Sc1nc(N)cc(N)n1. The molecule has 0 saturated heterocycles. The molecule has 29 nitrogen and oxygen atoms in total. The third kappa shape index (κ3) is 20.5. The standard InChI is InChI=1S/C14H17N5O3S.C11H14N6O2S.C7H9IN2O2.C7H10N2O2.C6H9N3O2/c1-7-6-10(18-9(3)20)19-14(15-7)23-11-12(21-4)16-8(2)17-13(11)22-5;1-5-14-9(18-2)8(10(15-5)19-3)20-11-16-6(12)4-7(13)17-11;1-4-9-6(11-2)5(8)7(10-4)12-3;1-5-8-6(10-2)4-7(9-5)11-3;1-10-4-3-5(11-2)9-6(7)8-4/h6H,1-5H3,(H,15,18,19,20);4H,1-3H3,(H4,12,13,16,17);1-3H3;4H,1-3H3;3H,1-2H3,(H2,7,8,9). The molecule has 0 aliphatic heterocycles. The van der Waals surface area contributed by atoms with E-state index >= 15 is 0 Å². The number of rotatable bonds is 15. The van der Waals surface area contributed by atoms with Crippen LogP contribution in [0.1, 0.15) is 35.9 Å². The highest BCUT2D eigenvalue weighted by Crippen LogP contribution is 2.40. The Morgan fingerprint density at radius 3 is 1.09 bits per heavy atom. The van der Waals surface area contributed by atoms with E-state index in [4.69, 9.17) is 64.6 Å². The second kappa shape index (κ2) is 31.7. The highest BCUT2D eigenvalue weighted by Gasteiger charge is 2.20. The predicted molar refractivity (Wildman–Crippen MR) is 292 cm³/mol. The maximum Gasteiger partial charge on any atom is 0.234 e. The zero-order chi connectivity index (χ0) is 57.4. The predicted octanol–water partition coefficient (Wildman–Crippen LogP) is 5.20. The molecule has 0 spiro atoms. The number of nitrogen functional groups attached to an aromatic ring is 3. The number of aryl methyl sites for hydroxylation is 5. The van der Waals surface area contributed by atoms with Crippen LogP contribution in [0.2, 0.25) is 0 Å². The molecule has 7 heterocycles. The molecule has 77 heavy (non-hydrogen) atoms. The molecular formula is C45H59IN18O11S2. The molecule has 414 valence electrons. The maximum absolute atomic E-state index is 11.2. The van der Waals surface area contributed by atoms with E-state index in [0.29, 0.717) is 108 Å². The minimum Gasteiger partial charge on any atom is -0.481 e. The molecule has 7 aromatic rings. The van der Waals surface area contributed by atoms with E-state index in [1.54, 1.807) is 74.3 Å². The van der Waals surface area contributed by atoms with Crippen molar-refractivity contribution in [1.29, 1.82) is 0 Å². The third-order valence-electron chi connectivity index (χ3n) is 8.49. The average Bonchev–Trinajstić information content (AvgIpc) is 3.39. The van der Waals surface area contributed by atoms with Gasteiger partial charge in [-0.1, -0.05) is 0 Å². The molecule has 32 heteroatoms. The first kappa shape index (κ1) is 63.2. The highest BCUT2D eigenvalue weighted by atomic mass is 127. The van der Waals surface area contributed by atoms with Gasteiger partial charge in [-0.25, -0.2) is 19.9 Å². The van der Waals surface area contributed by atoms with Gasteiger partial charge in [0.2, 0.25) is 70.7 Å². The topological polar surface area (TPSA) is 380 Å². The summed E-state index contributed by atoms with van der Waals surface area (Å²) in [5.41, 5.74) is 17.3. The number of halogens is 1. The van der Waals surface area contributed by atoms with Crippen LogP contribution >= 0.6 is 46.1 Å². The van der Waals surface area contributed by atoms with Gasteiger partial charge >= 0.3 is 0 Å². The third-order valence-corrected chi connectivity index (χ3v) is 11.2. The normalized spacial score (nSPS) is 9.94. The largest absolute Gasteiger partial charge is 0.481 e. The van der Waals surface area contributed by atoms with E-state index in [1.807, 2.05) is 6.92 Å². The van der Waals surface area contributed by atoms with E-state index in [2.05, 4.69) is 97.7 Å². The summed E-state index contributed by atoms with van der Waals surface area (Å²) in [6, 6.07) is 6.35. The van der Waals surface area contributed by atoms with Gasteiger partial charge in [-0.15, -0.1) is 0 Å². The van der Waals surface area contributed by atoms with Crippen molar-refractivity contribution >= 4 is 75.4 Å². The van der Waals surface area contributed by atoms with Gasteiger partial charge in [0.15, 0.2) is 10.3 Å². The van der Waals surface area contributed by atoms with Gasteiger partial charge in [0, 0.05) is 24.8 Å². The van der Waals surface area contributed by atoms with Gasteiger partial charge in [-0.2, -0.15) is 49.8 Å². The van der Waals surface area contributed by atoms with Gasteiger partial charge in [0.05, 0.1) is 83.2 Å². The second-order valence-corrected chi connectivity index (χ2v) is 17.2. The number of hydrogen-bond acceptors (Lipinski definition) is 30. The Bertz CT molecular complexity index is 2870. The molecule has 0 unspecified atom stereocenters. The van der Waals surface area contributed by atoms with Crippen molar-refractivity contribution in [2.75, 3.05) is 93.6 Å². The van der Waals surface area contributed by atoms with Crippen molar-refractivity contribution < 1.29 is 52.2 Å². The zero-order valence-electron chi connectivity index (χ0n) is 45.0. The van der Waals surface area contributed by atoms with Gasteiger partial charge in [-0.05, 0) is 80.7 Å². The quantitative estimate of drug-likeness (QED) is 0.0756. The lowest BCUT2D eigenvalue weighted by atomic mass is 10.4. The van der Waals surface area contributed by atoms with Crippen LogP contribution < -0.4 is 69.9 Å². The maximum atomic E-state index is 11.2. The first-order valence-corrected chi connectivity index (χ1v) is 24.5. The molecule has 7 aromatic heterocycles. The number of nitrogens with two attached hydrogens (primary N) is 3. The lowest BCUT2D eigenvalue weighted by Gasteiger charge is -2.11. The zero-order valence-corrected chi connectivity index (χ0v) is 48.8. The first-order valence-electron chi connectivity index (χ1n) is 21.8. The van der Waals surface area contributed by atoms with Crippen molar-refractivity contribution in [2.45, 2.75) is 61.6 Å². The van der Waals surface area contributed by atoms with Crippen LogP contribution in [0, 0.1) is 38.2 Å². The van der Waals surface area contributed by atoms with Gasteiger partial charge in [-0.3, -0.25) is 4.79 Å². The van der Waals surface area contributed by atoms with Crippen molar-refractivity contribution in [3.8, 4) is 58.8 Å². The first-order chi connectivity index (χ1) is 36.7. The van der Waals surface area contributed by atoms with Crippen LogP contribution in [0.5, 0.6) is 58.8 Å². The van der Waals surface area contributed by atoms with Crippen molar-refractivity contribution in [1.82, 2.24) is 69.8 Å². The van der Waals surface area contributed by atoms with Crippen LogP contribution in [-0.4, -0.2) is 147 Å². The van der Waals surface area contributed by atoms with E-state index < -0.39 is 0 Å². The fourth-order valence-electron chi connectivity index (χ4n) is 5.41. The van der Waals surface area contributed by atoms with E-state index in [0.717, 1.165) is 9.26 Å². The lowest BCUT2D eigenvalue weighted by molar-refractivity contribution is -0.114. The number of nitrogens with one attached hydrogen (secondary N) is 1. The smallest absolute Gasteiger partial charge is 0.234 e. The summed E-state index contributed by atoms with van der Waals surface area (Å²) in [4.78, 5) is 69.6. The number of hydrogen-bond donors (Lipinski definition) is 4. The summed E-state index contributed by atoms with van der Waals surface area (Å²) in [5, 5.41) is 3.44. The monoisotopic (exact) mass is 1220 g/mol. The molecule has 0 atom stereocenters. The number of nitrogens with zero attached hydrogens (tertiary/aromatic N) is 14. The van der Waals surface area contributed by atoms with E-state index in [-0.39, 0.29) is 23.5 Å². The van der Waals surface area contributed by atoms with Crippen LogP contribution in [0.15, 0.2) is 44.4 Å². The number of carbonyl (C=O) groups excluding carboxylic acids is 1. The molecule has 0 aliphatic carbocycles. The summed E-state index contributed by atoms with van der Waals surface area (Å²) >= 11 is 4.46. The van der Waals surface area contributed by atoms with Crippen LogP contribution in [-0.2, 0) is 4.79 Å². The molecule has 0 radical (unpaired) electrons. The van der Waals surface area contributed by atoms with Crippen molar-refractivity contribution in [3.05, 3.63) is 56.8 Å². The molecule has 0 fully saturated rings. The molecule has 7 N–H and O–H groups in total. The average molecular weight is 1220 g/mol. The van der Waals surface area contributed by atoms with Crippen LogP contribution in [0.4, 0.5) is 23.4 Å². The highest BCUT2D eigenvalue weighted by molar-refractivity contribution is 14.1. The number of anilines is 4. The van der Waals surface area contributed by atoms with Gasteiger partial charge in [0.25, 0.3) is 0 Å². The summed E-state index contributed by atoms with van der Waals surface area (Å²) in [6.07, 6.45) is 0. The lowest BCUT2D eigenvalue weighted by Crippen LogP contribution is -2.09. The summed E-state index contributed by atoms with van der Waals surface area (Å²) < 4.78 is 51.4. The fraction of sp³-hybridized carbons (Fsp3) is 0.356. The summed E-state index contributed by atoms with van der Waals surface area (Å²) in [7, 11) is 15.3. The molecule has 0 aromatic carbocycles. The number of carbonyl (C=O) groups is 1. The van der Waals surface area contributed by atoms with Crippen molar-refractivity contribution in [2.24, 2.45) is 0 Å². The Balaban J connectivity index is 0.000000263.